The lowest BCUT2D eigenvalue weighted by Gasteiger charge is -2.07. The SMILES string of the molecule is CNc1cc(-c2cn(S(=O)(=O)c3ccccc3)c3ccccc23)nc(N)n1. The first kappa shape index (κ1) is 17.0. The lowest BCUT2D eigenvalue weighted by Crippen LogP contribution is -2.11. The van der Waals surface area contributed by atoms with Gasteiger partial charge in [-0.25, -0.2) is 17.4 Å². The Morgan fingerprint density at radius 2 is 1.70 bits per heavy atom. The quantitative estimate of drug-likeness (QED) is 0.565. The summed E-state index contributed by atoms with van der Waals surface area (Å²) in [7, 11) is -2.02. The summed E-state index contributed by atoms with van der Waals surface area (Å²) < 4.78 is 27.6. The lowest BCUT2D eigenvalue weighted by atomic mass is 10.1. The number of nitrogens with one attached hydrogen (secondary N) is 1. The van der Waals surface area contributed by atoms with Crippen LogP contribution in [0.5, 0.6) is 0 Å². The molecule has 8 heteroatoms. The van der Waals surface area contributed by atoms with Gasteiger partial charge >= 0.3 is 0 Å². The monoisotopic (exact) mass is 379 g/mol. The molecule has 2 aromatic carbocycles. The molecule has 0 spiro atoms. The van der Waals surface area contributed by atoms with Crippen molar-refractivity contribution in [3.05, 3.63) is 66.9 Å². The lowest BCUT2D eigenvalue weighted by molar-refractivity contribution is 0.589. The van der Waals surface area contributed by atoms with Gasteiger partial charge < -0.3 is 11.1 Å². The van der Waals surface area contributed by atoms with Crippen molar-refractivity contribution >= 4 is 32.7 Å². The second-order valence-electron chi connectivity index (χ2n) is 5.92. The molecule has 0 fully saturated rings. The van der Waals surface area contributed by atoms with Crippen LogP contribution in [0.1, 0.15) is 0 Å². The van der Waals surface area contributed by atoms with Crippen LogP contribution in [0, 0.1) is 0 Å². The summed E-state index contributed by atoms with van der Waals surface area (Å²) in [5.74, 6) is 0.667. The molecule has 0 atom stereocenters. The van der Waals surface area contributed by atoms with Gasteiger partial charge in [0.15, 0.2) is 0 Å². The minimum atomic E-state index is -3.75. The number of fused-ring (bicyclic) bond motifs is 1. The Labute approximate surface area is 156 Å². The molecule has 7 nitrogen and oxygen atoms in total. The number of hydrogen-bond donors (Lipinski definition) is 2. The van der Waals surface area contributed by atoms with Gasteiger partial charge in [0, 0.05) is 30.3 Å². The van der Waals surface area contributed by atoms with Crippen LogP contribution in [0.25, 0.3) is 22.2 Å². The number of nitrogens with zero attached hydrogens (tertiary/aromatic N) is 3. The summed E-state index contributed by atoms with van der Waals surface area (Å²) in [5.41, 5.74) is 7.59. The molecular weight excluding hydrogens is 362 g/mol. The Morgan fingerprint density at radius 3 is 2.44 bits per heavy atom. The normalized spacial score (nSPS) is 11.6. The third kappa shape index (κ3) is 2.89. The van der Waals surface area contributed by atoms with Crippen molar-refractivity contribution in [1.29, 1.82) is 0 Å². The molecule has 0 aliphatic rings. The Balaban J connectivity index is 2.00. The molecule has 27 heavy (non-hydrogen) atoms. The van der Waals surface area contributed by atoms with Crippen LogP contribution in [0.4, 0.5) is 11.8 Å². The largest absolute Gasteiger partial charge is 0.373 e. The molecule has 2 heterocycles. The van der Waals surface area contributed by atoms with E-state index in [-0.39, 0.29) is 10.8 Å². The van der Waals surface area contributed by atoms with Crippen LogP contribution in [-0.4, -0.2) is 29.4 Å². The van der Waals surface area contributed by atoms with Crippen molar-refractivity contribution < 1.29 is 8.42 Å². The highest BCUT2D eigenvalue weighted by atomic mass is 32.2. The van der Waals surface area contributed by atoms with Crippen LogP contribution in [-0.2, 0) is 10.0 Å². The van der Waals surface area contributed by atoms with Gasteiger partial charge in [-0.05, 0) is 18.2 Å². The van der Waals surface area contributed by atoms with Crippen molar-refractivity contribution in [3.63, 3.8) is 0 Å². The molecule has 2 aromatic heterocycles. The van der Waals surface area contributed by atoms with Gasteiger partial charge in [-0.3, -0.25) is 0 Å². The van der Waals surface area contributed by atoms with E-state index < -0.39 is 10.0 Å². The topological polar surface area (TPSA) is 103 Å². The van der Waals surface area contributed by atoms with Crippen LogP contribution < -0.4 is 11.1 Å². The van der Waals surface area contributed by atoms with E-state index in [4.69, 9.17) is 5.73 Å². The highest BCUT2D eigenvalue weighted by molar-refractivity contribution is 7.90. The van der Waals surface area contributed by atoms with Gasteiger partial charge in [0.05, 0.1) is 16.1 Å². The number of para-hydroxylation sites is 1. The number of aromatic nitrogens is 3. The molecule has 0 radical (unpaired) electrons. The summed E-state index contributed by atoms with van der Waals surface area (Å²) in [6.07, 6.45) is 1.58. The minimum Gasteiger partial charge on any atom is -0.373 e. The van der Waals surface area contributed by atoms with E-state index in [0.29, 0.717) is 22.6 Å². The zero-order valence-corrected chi connectivity index (χ0v) is 15.3. The fourth-order valence-corrected chi connectivity index (χ4v) is 4.38. The van der Waals surface area contributed by atoms with E-state index in [1.54, 1.807) is 61.8 Å². The first-order valence-corrected chi connectivity index (χ1v) is 9.68. The van der Waals surface area contributed by atoms with Gasteiger partial charge in [0.2, 0.25) is 5.95 Å². The predicted molar refractivity (Wildman–Crippen MR) is 106 cm³/mol. The summed E-state index contributed by atoms with van der Waals surface area (Å²) in [6, 6.07) is 17.3. The van der Waals surface area contributed by atoms with E-state index in [1.165, 1.54) is 3.97 Å². The van der Waals surface area contributed by atoms with E-state index in [0.717, 1.165) is 5.39 Å². The zero-order valence-electron chi connectivity index (χ0n) is 14.5. The van der Waals surface area contributed by atoms with Gasteiger partial charge in [-0.15, -0.1) is 0 Å². The Kier molecular flexibility index (Phi) is 4.04. The molecular formula is C19H17N5O2S. The Bertz CT molecular complexity index is 1230. The van der Waals surface area contributed by atoms with Crippen molar-refractivity contribution in [1.82, 2.24) is 13.9 Å². The zero-order chi connectivity index (χ0) is 19.0. The average molecular weight is 379 g/mol. The molecule has 0 aliphatic heterocycles. The fourth-order valence-electron chi connectivity index (χ4n) is 2.99. The Hall–Kier alpha value is -3.39. The van der Waals surface area contributed by atoms with Gasteiger partial charge in [-0.1, -0.05) is 36.4 Å². The fraction of sp³-hybridized carbons (Fsp3) is 0.0526. The van der Waals surface area contributed by atoms with Crippen molar-refractivity contribution in [2.24, 2.45) is 0 Å². The maximum absolute atomic E-state index is 13.2. The molecule has 0 aliphatic carbocycles. The first-order valence-electron chi connectivity index (χ1n) is 8.24. The smallest absolute Gasteiger partial charge is 0.268 e. The Morgan fingerprint density at radius 1 is 1.00 bits per heavy atom. The van der Waals surface area contributed by atoms with Crippen LogP contribution in [0.2, 0.25) is 0 Å². The molecule has 0 amide bonds. The standard InChI is InChI=1S/C19H17N5O2S/c1-21-18-11-16(22-19(20)23-18)15-12-24(17-10-6-5-9-14(15)17)27(25,26)13-7-3-2-4-8-13/h2-12H,1H3,(H3,20,21,22,23). The van der Waals surface area contributed by atoms with E-state index in [1.807, 2.05) is 12.1 Å². The third-order valence-corrected chi connectivity index (χ3v) is 5.94. The molecule has 4 rings (SSSR count). The molecule has 0 bridgehead atoms. The highest BCUT2D eigenvalue weighted by Gasteiger charge is 2.22. The van der Waals surface area contributed by atoms with Crippen molar-refractivity contribution in [3.8, 4) is 11.3 Å². The summed E-state index contributed by atoms with van der Waals surface area (Å²) in [6.45, 7) is 0. The molecule has 136 valence electrons. The van der Waals surface area contributed by atoms with Gasteiger partial charge in [-0.2, -0.15) is 4.98 Å². The molecule has 0 saturated heterocycles. The highest BCUT2D eigenvalue weighted by Crippen LogP contribution is 2.33. The second-order valence-corrected chi connectivity index (χ2v) is 7.74. The predicted octanol–water partition coefficient (Wildman–Crippen LogP) is 2.96. The van der Waals surface area contributed by atoms with Crippen molar-refractivity contribution in [2.45, 2.75) is 4.90 Å². The van der Waals surface area contributed by atoms with Crippen LogP contribution in [0.3, 0.4) is 0 Å². The number of anilines is 2. The molecule has 3 N–H and O–H groups in total. The second kappa shape index (κ2) is 6.40. The van der Waals surface area contributed by atoms with E-state index >= 15 is 0 Å². The van der Waals surface area contributed by atoms with E-state index in [2.05, 4.69) is 15.3 Å². The third-order valence-electron chi connectivity index (χ3n) is 4.25. The van der Waals surface area contributed by atoms with Gasteiger partial charge in [0.1, 0.15) is 5.82 Å². The summed E-state index contributed by atoms with van der Waals surface area (Å²) in [4.78, 5) is 8.60. The number of nitrogen functional groups attached to an aromatic ring is 1. The molecule has 0 saturated carbocycles. The molecule has 4 aromatic rings. The van der Waals surface area contributed by atoms with Crippen molar-refractivity contribution in [2.75, 3.05) is 18.1 Å². The first-order chi connectivity index (χ1) is 13.0. The number of nitrogens with two attached hydrogens (primary N) is 1. The number of rotatable bonds is 4. The maximum atomic E-state index is 13.2. The summed E-state index contributed by atoms with van der Waals surface area (Å²) in [5, 5.41) is 3.69. The van der Waals surface area contributed by atoms with Crippen LogP contribution in [0.15, 0.2) is 71.8 Å². The van der Waals surface area contributed by atoms with Crippen LogP contribution >= 0.6 is 0 Å². The summed E-state index contributed by atoms with van der Waals surface area (Å²) >= 11 is 0. The number of hydrogen-bond acceptors (Lipinski definition) is 6. The van der Waals surface area contributed by atoms with Gasteiger partial charge in [0.25, 0.3) is 10.0 Å². The minimum absolute atomic E-state index is 0.111. The average Bonchev–Trinajstić information content (AvgIpc) is 3.09. The number of benzene rings is 2. The molecule has 0 unspecified atom stereocenters. The van der Waals surface area contributed by atoms with E-state index in [9.17, 15) is 8.42 Å². The maximum Gasteiger partial charge on any atom is 0.268 e.